The molecule has 0 radical (unpaired) electrons. The van der Waals surface area contributed by atoms with Gasteiger partial charge in [-0.1, -0.05) is 18.2 Å². The summed E-state index contributed by atoms with van der Waals surface area (Å²) in [6.45, 7) is 3.59. The molecule has 0 aromatic heterocycles. The van der Waals surface area contributed by atoms with Gasteiger partial charge in [-0.15, -0.1) is 0 Å². The number of amides is 2. The molecule has 0 saturated carbocycles. The highest BCUT2D eigenvalue weighted by Gasteiger charge is 2.28. The van der Waals surface area contributed by atoms with Crippen LogP contribution < -0.4 is 5.32 Å². The zero-order valence-corrected chi connectivity index (χ0v) is 15.1. The van der Waals surface area contributed by atoms with Gasteiger partial charge in [0.2, 0.25) is 5.91 Å². The fraction of sp³-hybridized carbons (Fsp3) is 0.600. The summed E-state index contributed by atoms with van der Waals surface area (Å²) in [6, 6.07) is 9.70. The lowest BCUT2D eigenvalue weighted by molar-refractivity contribution is -0.133. The van der Waals surface area contributed by atoms with E-state index in [1.807, 2.05) is 47.2 Å². The van der Waals surface area contributed by atoms with Crippen LogP contribution in [-0.4, -0.2) is 60.9 Å². The number of nitrogens with zero attached hydrogens (tertiary/aromatic N) is 2. The van der Waals surface area contributed by atoms with Crippen LogP contribution >= 0.6 is 0 Å². The van der Waals surface area contributed by atoms with Gasteiger partial charge in [0.1, 0.15) is 0 Å². The van der Waals surface area contributed by atoms with Crippen molar-refractivity contribution in [2.24, 2.45) is 5.92 Å². The Hall–Kier alpha value is -1.88. The maximum absolute atomic E-state index is 12.5. The largest absolute Gasteiger partial charge is 0.343 e. The second kappa shape index (κ2) is 8.48. The first-order chi connectivity index (χ1) is 12.1. The SMILES string of the molecule is CN(C(=O)CCC1CCNC1)C1CCN(C(=O)c2ccccc2)CC1. The van der Waals surface area contributed by atoms with E-state index in [0.29, 0.717) is 12.3 Å². The van der Waals surface area contributed by atoms with Crippen molar-refractivity contribution in [2.75, 3.05) is 33.2 Å². The summed E-state index contributed by atoms with van der Waals surface area (Å²) >= 11 is 0. The van der Waals surface area contributed by atoms with E-state index in [1.54, 1.807) is 0 Å². The zero-order valence-electron chi connectivity index (χ0n) is 15.1. The van der Waals surface area contributed by atoms with E-state index in [9.17, 15) is 9.59 Å². The Morgan fingerprint density at radius 1 is 1.16 bits per heavy atom. The van der Waals surface area contributed by atoms with Crippen LogP contribution in [0.25, 0.3) is 0 Å². The molecule has 0 spiro atoms. The minimum Gasteiger partial charge on any atom is -0.343 e. The molecule has 25 heavy (non-hydrogen) atoms. The first-order valence-corrected chi connectivity index (χ1v) is 9.46. The van der Waals surface area contributed by atoms with Gasteiger partial charge in [0, 0.05) is 38.2 Å². The molecule has 2 amide bonds. The van der Waals surface area contributed by atoms with Gasteiger partial charge >= 0.3 is 0 Å². The monoisotopic (exact) mass is 343 g/mol. The highest BCUT2D eigenvalue weighted by molar-refractivity contribution is 5.94. The molecule has 1 N–H and O–H groups in total. The first kappa shape index (κ1) is 17.9. The highest BCUT2D eigenvalue weighted by atomic mass is 16.2. The van der Waals surface area contributed by atoms with Gasteiger partial charge in [-0.2, -0.15) is 0 Å². The van der Waals surface area contributed by atoms with E-state index in [2.05, 4.69) is 5.32 Å². The molecule has 1 aromatic rings. The molecule has 5 heteroatoms. The minimum absolute atomic E-state index is 0.0989. The van der Waals surface area contributed by atoms with Gasteiger partial charge in [-0.05, 0) is 56.8 Å². The van der Waals surface area contributed by atoms with E-state index in [4.69, 9.17) is 0 Å². The molecule has 2 saturated heterocycles. The molecule has 136 valence electrons. The summed E-state index contributed by atoms with van der Waals surface area (Å²) in [5, 5.41) is 3.36. The van der Waals surface area contributed by atoms with Crippen LogP contribution in [0.15, 0.2) is 30.3 Å². The third-order valence-corrected chi connectivity index (χ3v) is 5.64. The highest BCUT2D eigenvalue weighted by Crippen LogP contribution is 2.20. The number of rotatable bonds is 5. The zero-order chi connectivity index (χ0) is 17.6. The van der Waals surface area contributed by atoms with Gasteiger partial charge < -0.3 is 15.1 Å². The predicted octanol–water partition coefficient (Wildman–Crippen LogP) is 2.14. The molecule has 2 aliphatic heterocycles. The van der Waals surface area contributed by atoms with Gasteiger partial charge in [0.15, 0.2) is 0 Å². The third-order valence-electron chi connectivity index (χ3n) is 5.64. The van der Waals surface area contributed by atoms with E-state index >= 15 is 0 Å². The molecule has 0 aliphatic carbocycles. The van der Waals surface area contributed by atoms with E-state index in [1.165, 1.54) is 6.42 Å². The Kier molecular flexibility index (Phi) is 6.08. The molecule has 2 fully saturated rings. The number of carbonyl (C=O) groups excluding carboxylic acids is 2. The number of hydrogen-bond donors (Lipinski definition) is 1. The maximum Gasteiger partial charge on any atom is 0.253 e. The number of benzene rings is 1. The average molecular weight is 343 g/mol. The first-order valence-electron chi connectivity index (χ1n) is 9.46. The van der Waals surface area contributed by atoms with Crippen molar-refractivity contribution in [2.45, 2.75) is 38.1 Å². The van der Waals surface area contributed by atoms with Crippen molar-refractivity contribution < 1.29 is 9.59 Å². The van der Waals surface area contributed by atoms with Crippen molar-refractivity contribution >= 4 is 11.8 Å². The average Bonchev–Trinajstić information content (AvgIpc) is 3.19. The molecule has 3 rings (SSSR count). The summed E-state index contributed by atoms with van der Waals surface area (Å²) in [6.07, 6.45) is 4.56. The Morgan fingerprint density at radius 3 is 2.52 bits per heavy atom. The van der Waals surface area contributed by atoms with Gasteiger partial charge in [0.05, 0.1) is 0 Å². The number of nitrogens with one attached hydrogen (secondary N) is 1. The lowest BCUT2D eigenvalue weighted by Gasteiger charge is -2.37. The summed E-state index contributed by atoms with van der Waals surface area (Å²) in [5.74, 6) is 1.00. The second-order valence-electron chi connectivity index (χ2n) is 7.29. The van der Waals surface area contributed by atoms with Crippen molar-refractivity contribution in [3.8, 4) is 0 Å². The summed E-state index contributed by atoms with van der Waals surface area (Å²) in [5.41, 5.74) is 0.746. The van der Waals surface area contributed by atoms with E-state index in [0.717, 1.165) is 51.0 Å². The fourth-order valence-corrected chi connectivity index (χ4v) is 3.89. The Bertz CT molecular complexity index is 576. The summed E-state index contributed by atoms with van der Waals surface area (Å²) in [7, 11) is 1.93. The number of likely N-dealkylation sites (tertiary alicyclic amines) is 1. The Balaban J connectivity index is 1.44. The molecule has 1 atom stereocenters. The van der Waals surface area contributed by atoms with Crippen molar-refractivity contribution in [3.63, 3.8) is 0 Å². The second-order valence-corrected chi connectivity index (χ2v) is 7.29. The standard InChI is InChI=1S/C20H29N3O2/c1-22(19(24)8-7-16-9-12-21-15-16)18-10-13-23(14-11-18)20(25)17-5-3-2-4-6-17/h2-6,16,18,21H,7-15H2,1H3. The molecule has 2 aliphatic rings. The summed E-state index contributed by atoms with van der Waals surface area (Å²) in [4.78, 5) is 28.8. The molecule has 0 bridgehead atoms. The smallest absolute Gasteiger partial charge is 0.253 e. The lowest BCUT2D eigenvalue weighted by atomic mass is 9.99. The third kappa shape index (κ3) is 4.60. The maximum atomic E-state index is 12.5. The van der Waals surface area contributed by atoms with Crippen molar-refractivity contribution in [1.29, 1.82) is 0 Å². The number of hydrogen-bond acceptors (Lipinski definition) is 3. The van der Waals surface area contributed by atoms with Gasteiger partial charge in [-0.3, -0.25) is 9.59 Å². The van der Waals surface area contributed by atoms with Crippen LogP contribution in [0.3, 0.4) is 0 Å². The topological polar surface area (TPSA) is 52.7 Å². The van der Waals surface area contributed by atoms with Crippen LogP contribution in [0.5, 0.6) is 0 Å². The normalized spacial score (nSPS) is 21.3. The van der Waals surface area contributed by atoms with Crippen LogP contribution in [0.1, 0.15) is 42.5 Å². The van der Waals surface area contributed by atoms with Crippen LogP contribution in [0.2, 0.25) is 0 Å². The molecule has 5 nitrogen and oxygen atoms in total. The Morgan fingerprint density at radius 2 is 1.88 bits per heavy atom. The quantitative estimate of drug-likeness (QED) is 0.891. The van der Waals surface area contributed by atoms with Crippen LogP contribution in [0, 0.1) is 5.92 Å². The molecular formula is C20H29N3O2. The number of carbonyl (C=O) groups is 2. The Labute approximate surface area is 150 Å². The van der Waals surface area contributed by atoms with E-state index in [-0.39, 0.29) is 17.9 Å². The summed E-state index contributed by atoms with van der Waals surface area (Å²) < 4.78 is 0. The molecule has 1 aromatic carbocycles. The predicted molar refractivity (Wildman–Crippen MR) is 98.3 cm³/mol. The van der Waals surface area contributed by atoms with Crippen molar-refractivity contribution in [1.82, 2.24) is 15.1 Å². The fourth-order valence-electron chi connectivity index (χ4n) is 3.89. The molecule has 2 heterocycles. The van der Waals surface area contributed by atoms with Crippen LogP contribution in [0.4, 0.5) is 0 Å². The molecule has 1 unspecified atom stereocenters. The van der Waals surface area contributed by atoms with Crippen LogP contribution in [-0.2, 0) is 4.79 Å². The number of piperidine rings is 1. The molecular weight excluding hydrogens is 314 g/mol. The van der Waals surface area contributed by atoms with Crippen molar-refractivity contribution in [3.05, 3.63) is 35.9 Å². The van der Waals surface area contributed by atoms with Gasteiger partial charge in [0.25, 0.3) is 5.91 Å². The van der Waals surface area contributed by atoms with E-state index < -0.39 is 0 Å². The van der Waals surface area contributed by atoms with Gasteiger partial charge in [-0.25, -0.2) is 0 Å². The lowest BCUT2D eigenvalue weighted by Crippen LogP contribution is -2.47. The minimum atomic E-state index is 0.0989.